The minimum Gasteiger partial charge on any atom is -0.481 e. The molecule has 6 heteroatoms. The number of nitrogens with one attached hydrogen (secondary N) is 2. The van der Waals surface area contributed by atoms with Crippen LogP contribution in [0.4, 0.5) is 0 Å². The van der Waals surface area contributed by atoms with Crippen molar-refractivity contribution >= 4 is 17.8 Å². The number of carboxylic acid groups (broad SMARTS) is 1. The van der Waals surface area contributed by atoms with Crippen molar-refractivity contribution in [1.29, 1.82) is 0 Å². The Hall–Kier alpha value is -1.59. The molecular weight excluding hydrogens is 260 g/mol. The third kappa shape index (κ3) is 7.11. The molecule has 0 aliphatic rings. The topological polar surface area (TPSA) is 95.5 Å². The molecule has 20 heavy (non-hydrogen) atoms. The largest absolute Gasteiger partial charge is 0.481 e. The van der Waals surface area contributed by atoms with Gasteiger partial charge in [0.05, 0.1) is 0 Å². The zero-order valence-corrected chi connectivity index (χ0v) is 12.6. The molecule has 0 aromatic heterocycles. The average molecular weight is 286 g/mol. The predicted molar refractivity (Wildman–Crippen MR) is 76.2 cm³/mol. The number of likely N-dealkylation sites (N-methyl/N-ethyl adjacent to an activating group) is 1. The normalized spacial score (nSPS) is 12.0. The summed E-state index contributed by atoms with van der Waals surface area (Å²) in [5, 5.41) is 13.8. The second-order valence-corrected chi connectivity index (χ2v) is 4.88. The summed E-state index contributed by atoms with van der Waals surface area (Å²) in [7, 11) is 1.47. The van der Waals surface area contributed by atoms with Gasteiger partial charge in [-0.05, 0) is 19.3 Å². The maximum absolute atomic E-state index is 12.2. The zero-order valence-electron chi connectivity index (χ0n) is 12.6. The lowest BCUT2D eigenvalue weighted by molar-refractivity contribution is -0.138. The molecule has 0 saturated carbocycles. The van der Waals surface area contributed by atoms with E-state index in [1.807, 2.05) is 13.8 Å². The first kappa shape index (κ1) is 18.4. The van der Waals surface area contributed by atoms with Gasteiger partial charge in [0, 0.05) is 19.4 Å². The van der Waals surface area contributed by atoms with E-state index in [2.05, 4.69) is 10.6 Å². The number of hydrogen-bond acceptors (Lipinski definition) is 3. The Balaban J connectivity index is 4.63. The number of amides is 2. The molecule has 0 bridgehead atoms. The molecule has 0 rings (SSSR count). The van der Waals surface area contributed by atoms with Crippen LogP contribution in [0, 0.1) is 5.92 Å². The molecule has 3 N–H and O–H groups in total. The van der Waals surface area contributed by atoms with E-state index in [4.69, 9.17) is 5.11 Å². The molecular formula is C14H26N2O4. The quantitative estimate of drug-likeness (QED) is 0.564. The Morgan fingerprint density at radius 3 is 1.95 bits per heavy atom. The van der Waals surface area contributed by atoms with Crippen LogP contribution in [0.2, 0.25) is 0 Å². The number of carbonyl (C=O) groups excluding carboxylic acids is 2. The third-order valence-corrected chi connectivity index (χ3v) is 3.17. The van der Waals surface area contributed by atoms with Gasteiger partial charge in [0.25, 0.3) is 0 Å². The molecule has 0 heterocycles. The second kappa shape index (κ2) is 10.2. The highest BCUT2D eigenvalue weighted by atomic mass is 16.4. The van der Waals surface area contributed by atoms with Crippen LogP contribution in [-0.2, 0) is 14.4 Å². The molecule has 0 aromatic carbocycles. The van der Waals surface area contributed by atoms with Gasteiger partial charge in [-0.3, -0.25) is 14.4 Å². The van der Waals surface area contributed by atoms with Crippen LogP contribution in [-0.4, -0.2) is 36.0 Å². The minimum absolute atomic E-state index is 0.103. The minimum atomic E-state index is -0.980. The van der Waals surface area contributed by atoms with Crippen LogP contribution >= 0.6 is 0 Å². The monoisotopic (exact) mass is 286 g/mol. The standard InChI is InChI=1S/C14H26N2O4/c1-4-6-10(7-5-2)13(19)16-11(14(20)15-3)8-9-12(17)18/h10-11H,4-9H2,1-3H3,(H,15,20)(H,16,19)(H,17,18). The summed E-state index contributed by atoms with van der Waals surface area (Å²) >= 11 is 0. The Kier molecular flexibility index (Phi) is 9.41. The summed E-state index contributed by atoms with van der Waals surface area (Å²) in [6.45, 7) is 4.02. The van der Waals surface area contributed by atoms with Crippen molar-refractivity contribution in [2.24, 2.45) is 5.92 Å². The van der Waals surface area contributed by atoms with Crippen molar-refractivity contribution in [3.8, 4) is 0 Å². The van der Waals surface area contributed by atoms with Crippen LogP contribution in [0.1, 0.15) is 52.4 Å². The van der Waals surface area contributed by atoms with Crippen molar-refractivity contribution in [2.75, 3.05) is 7.05 Å². The van der Waals surface area contributed by atoms with Gasteiger partial charge in [0.1, 0.15) is 6.04 Å². The summed E-state index contributed by atoms with van der Waals surface area (Å²) in [4.78, 5) is 34.4. The lowest BCUT2D eigenvalue weighted by Gasteiger charge is -2.21. The second-order valence-electron chi connectivity index (χ2n) is 4.88. The van der Waals surface area contributed by atoms with Crippen LogP contribution < -0.4 is 10.6 Å². The SMILES string of the molecule is CCCC(CCC)C(=O)NC(CCC(=O)O)C(=O)NC. The molecule has 0 saturated heterocycles. The van der Waals surface area contributed by atoms with E-state index >= 15 is 0 Å². The van der Waals surface area contributed by atoms with E-state index in [1.54, 1.807) is 0 Å². The Morgan fingerprint density at radius 2 is 1.55 bits per heavy atom. The lowest BCUT2D eigenvalue weighted by atomic mass is 9.96. The molecule has 0 radical (unpaired) electrons. The molecule has 2 amide bonds. The van der Waals surface area contributed by atoms with Crippen LogP contribution in [0.3, 0.4) is 0 Å². The van der Waals surface area contributed by atoms with Gasteiger partial charge >= 0.3 is 5.97 Å². The van der Waals surface area contributed by atoms with Gasteiger partial charge in [-0.2, -0.15) is 0 Å². The molecule has 0 aliphatic heterocycles. The molecule has 0 spiro atoms. The van der Waals surface area contributed by atoms with Crippen LogP contribution in [0.25, 0.3) is 0 Å². The van der Waals surface area contributed by atoms with Crippen molar-refractivity contribution in [2.45, 2.75) is 58.4 Å². The smallest absolute Gasteiger partial charge is 0.303 e. The Labute approximate surface area is 120 Å². The van der Waals surface area contributed by atoms with Gasteiger partial charge in [0.2, 0.25) is 11.8 Å². The fourth-order valence-corrected chi connectivity index (χ4v) is 2.10. The first-order chi connectivity index (χ1) is 9.46. The van der Waals surface area contributed by atoms with Crippen molar-refractivity contribution in [1.82, 2.24) is 10.6 Å². The summed E-state index contributed by atoms with van der Waals surface area (Å²) in [5.74, 6) is -1.60. The van der Waals surface area contributed by atoms with Gasteiger partial charge in [0.15, 0.2) is 0 Å². The maximum atomic E-state index is 12.2. The number of hydrogen-bond donors (Lipinski definition) is 3. The van der Waals surface area contributed by atoms with Gasteiger partial charge in [-0.15, -0.1) is 0 Å². The maximum Gasteiger partial charge on any atom is 0.303 e. The van der Waals surface area contributed by atoms with E-state index in [0.717, 1.165) is 25.7 Å². The summed E-state index contributed by atoms with van der Waals surface area (Å²) < 4.78 is 0. The highest BCUT2D eigenvalue weighted by Crippen LogP contribution is 2.14. The van der Waals surface area contributed by atoms with E-state index in [1.165, 1.54) is 7.05 Å². The van der Waals surface area contributed by atoms with Crippen molar-refractivity contribution in [3.05, 3.63) is 0 Å². The van der Waals surface area contributed by atoms with E-state index in [0.29, 0.717) is 0 Å². The first-order valence-electron chi connectivity index (χ1n) is 7.19. The van der Waals surface area contributed by atoms with E-state index in [-0.39, 0.29) is 30.6 Å². The lowest BCUT2D eigenvalue weighted by Crippen LogP contribution is -2.47. The summed E-state index contributed by atoms with van der Waals surface area (Å²) in [5.41, 5.74) is 0. The Morgan fingerprint density at radius 1 is 1.00 bits per heavy atom. The number of rotatable bonds is 10. The van der Waals surface area contributed by atoms with Crippen LogP contribution in [0.5, 0.6) is 0 Å². The summed E-state index contributed by atoms with van der Waals surface area (Å²) in [6, 6.07) is -0.778. The fraction of sp³-hybridized carbons (Fsp3) is 0.786. The van der Waals surface area contributed by atoms with Crippen molar-refractivity contribution in [3.63, 3.8) is 0 Å². The highest BCUT2D eigenvalue weighted by Gasteiger charge is 2.24. The molecule has 0 aliphatic carbocycles. The molecule has 1 atom stereocenters. The van der Waals surface area contributed by atoms with E-state index < -0.39 is 12.0 Å². The summed E-state index contributed by atoms with van der Waals surface area (Å²) in [6.07, 6.45) is 3.31. The number of carboxylic acids is 1. The third-order valence-electron chi connectivity index (χ3n) is 3.17. The predicted octanol–water partition coefficient (Wildman–Crippen LogP) is 1.30. The average Bonchev–Trinajstić information content (AvgIpc) is 2.41. The molecule has 116 valence electrons. The molecule has 6 nitrogen and oxygen atoms in total. The first-order valence-corrected chi connectivity index (χ1v) is 7.19. The number of aliphatic carboxylic acids is 1. The van der Waals surface area contributed by atoms with Gasteiger partial charge < -0.3 is 15.7 Å². The Bertz CT molecular complexity index is 325. The van der Waals surface area contributed by atoms with Crippen molar-refractivity contribution < 1.29 is 19.5 Å². The molecule has 0 fully saturated rings. The zero-order chi connectivity index (χ0) is 15.5. The number of carbonyl (C=O) groups is 3. The molecule has 1 unspecified atom stereocenters. The van der Waals surface area contributed by atoms with Crippen LogP contribution in [0.15, 0.2) is 0 Å². The fourth-order valence-electron chi connectivity index (χ4n) is 2.10. The highest BCUT2D eigenvalue weighted by molar-refractivity contribution is 5.88. The van der Waals surface area contributed by atoms with Gasteiger partial charge in [-0.1, -0.05) is 26.7 Å². The van der Waals surface area contributed by atoms with Gasteiger partial charge in [-0.25, -0.2) is 0 Å². The van der Waals surface area contributed by atoms with E-state index in [9.17, 15) is 14.4 Å². The molecule has 0 aromatic rings.